The molecule has 438 valence electrons. The second kappa shape index (κ2) is 25.8. The average Bonchev–Trinajstić information content (AvgIpc) is 3.26. The highest BCUT2D eigenvalue weighted by Gasteiger charge is 2.48. The van der Waals surface area contributed by atoms with Gasteiger partial charge in [0.25, 0.3) is 25.8 Å². The Bertz CT molecular complexity index is 3380. The van der Waals surface area contributed by atoms with E-state index in [-0.39, 0.29) is 41.2 Å². The number of alkyl halides is 3. The highest BCUT2D eigenvalue weighted by molar-refractivity contribution is 7.99. The molecule has 4 aliphatic rings. The van der Waals surface area contributed by atoms with Gasteiger partial charge >= 0.3 is 5.51 Å². The van der Waals surface area contributed by atoms with E-state index in [1.807, 2.05) is 47.2 Å². The number of imide groups is 1. The van der Waals surface area contributed by atoms with Gasteiger partial charge in [-0.2, -0.15) is 17.6 Å². The fourth-order valence-corrected chi connectivity index (χ4v) is 13.9. The molecule has 4 N–H and O–H groups in total. The largest absolute Gasteiger partial charge is 0.501 e. The SMILES string of the molecule is CC1(C)CCC(c2ccc(Cl)cc2)=C(CN2CCN(c3ccc(C(=O)NS(=O)(=O)c4ccc(N[C@H](CCN5CCN(Cc6ccc(NC7CCC(=O)NC7=O)c(F)n6)CC5)CSc5ccccc5)c(S(=O)(=O)C(F)(F)F)c4)cc3)CC2)C1. The molecule has 3 aliphatic heterocycles. The summed E-state index contributed by atoms with van der Waals surface area (Å²) in [6.07, 6.45) is 3.81. The molecular formula is C58H66ClF4N9O7S3. The van der Waals surface area contributed by atoms with Crippen LogP contribution in [0.1, 0.15) is 74.0 Å². The minimum atomic E-state index is -6.15. The van der Waals surface area contributed by atoms with E-state index < -0.39 is 70.7 Å². The summed E-state index contributed by atoms with van der Waals surface area (Å²) in [5.74, 6) is -2.46. The molecule has 16 nitrogen and oxygen atoms in total. The Morgan fingerprint density at radius 2 is 1.48 bits per heavy atom. The van der Waals surface area contributed by atoms with E-state index in [0.29, 0.717) is 75.6 Å². The van der Waals surface area contributed by atoms with Crippen LogP contribution in [-0.4, -0.2) is 143 Å². The van der Waals surface area contributed by atoms with Crippen LogP contribution in [0.5, 0.6) is 0 Å². The highest BCUT2D eigenvalue weighted by atomic mass is 35.5. The maximum absolute atomic E-state index is 15.1. The number of thioether (sulfide) groups is 1. The van der Waals surface area contributed by atoms with Crippen molar-refractivity contribution in [3.63, 3.8) is 0 Å². The summed E-state index contributed by atoms with van der Waals surface area (Å²) >= 11 is 7.61. The number of carbonyl (C=O) groups is 3. The Labute approximate surface area is 485 Å². The molecule has 3 saturated heterocycles. The normalized spacial score (nSPS) is 19.2. The quantitative estimate of drug-likeness (QED) is 0.0249. The average molecular weight is 1210 g/mol. The highest BCUT2D eigenvalue weighted by Crippen LogP contribution is 2.43. The van der Waals surface area contributed by atoms with Gasteiger partial charge in [-0.1, -0.05) is 61.4 Å². The molecule has 1 aromatic heterocycles. The molecule has 3 fully saturated rings. The van der Waals surface area contributed by atoms with Gasteiger partial charge in [0.2, 0.25) is 17.8 Å². The second-order valence-electron chi connectivity index (χ2n) is 21.9. The molecule has 24 heteroatoms. The standard InChI is InChI=1S/C58H66ClF4N9O7S3/c1-57(2)24-22-48(39-8-12-42(59)13-9-39)41(35-57)36-70-30-32-72(33-31-70)45-15-10-40(11-16-45)55(74)68-82(78,79)47-17-19-49(52(34-47)81(76,77)58(61,62)63)64-44(38-80-46-6-4-3-5-7-46)23-25-69-26-28-71(29-27-69)37-43-14-18-50(54(60)65-43)66-51-20-21-53(73)67-56(51)75/h3-19,34,44,51,64,66H,20-33,35-38H2,1-2H3,(H,68,74)(H,67,73,75)/t44-,51?/m1/s1. The van der Waals surface area contributed by atoms with E-state index in [4.69, 9.17) is 11.6 Å². The maximum atomic E-state index is 15.1. The molecule has 5 aromatic rings. The lowest BCUT2D eigenvalue weighted by molar-refractivity contribution is -0.133. The molecule has 9 rings (SSSR count). The lowest BCUT2D eigenvalue weighted by Gasteiger charge is -2.39. The summed E-state index contributed by atoms with van der Waals surface area (Å²) in [7, 11) is -11.1. The minimum Gasteiger partial charge on any atom is -0.380 e. The topological polar surface area (TPSA) is 193 Å². The third kappa shape index (κ3) is 15.4. The smallest absolute Gasteiger partial charge is 0.380 e. The van der Waals surface area contributed by atoms with Gasteiger partial charge in [-0.05, 0) is 128 Å². The number of carbonyl (C=O) groups excluding carboxylic acids is 3. The number of nitrogens with one attached hydrogen (secondary N) is 4. The fourth-order valence-electron chi connectivity index (χ4n) is 10.8. The zero-order valence-corrected chi connectivity index (χ0v) is 48.7. The molecule has 0 radical (unpaired) electrons. The molecule has 0 spiro atoms. The first-order valence-electron chi connectivity index (χ1n) is 27.2. The number of amides is 3. The maximum Gasteiger partial charge on any atom is 0.501 e. The van der Waals surface area contributed by atoms with Crippen LogP contribution in [0.2, 0.25) is 5.02 Å². The van der Waals surface area contributed by atoms with Gasteiger partial charge in [0.05, 0.1) is 22.0 Å². The second-order valence-corrected chi connectivity index (χ2v) is 27.1. The van der Waals surface area contributed by atoms with Crippen molar-refractivity contribution in [1.29, 1.82) is 0 Å². The summed E-state index contributed by atoms with van der Waals surface area (Å²) in [5, 5.41) is 8.76. The van der Waals surface area contributed by atoms with Crippen LogP contribution in [0.3, 0.4) is 0 Å². The van der Waals surface area contributed by atoms with Gasteiger partial charge < -0.3 is 20.4 Å². The molecule has 1 unspecified atom stereocenters. The Kier molecular flexibility index (Phi) is 19.1. The molecule has 2 atom stereocenters. The number of hydrogen-bond acceptors (Lipinski definition) is 15. The van der Waals surface area contributed by atoms with Gasteiger partial charge in [0, 0.05) is 111 Å². The first-order valence-corrected chi connectivity index (χ1v) is 31.5. The number of piperidine rings is 1. The summed E-state index contributed by atoms with van der Waals surface area (Å²) in [6.45, 7) is 11.6. The summed E-state index contributed by atoms with van der Waals surface area (Å²) in [5.41, 5.74) is -0.755. The van der Waals surface area contributed by atoms with Gasteiger partial charge in [-0.15, -0.1) is 11.8 Å². The Hall–Kier alpha value is -6.08. The van der Waals surface area contributed by atoms with E-state index >= 15 is 4.39 Å². The van der Waals surface area contributed by atoms with Gasteiger partial charge in [-0.25, -0.2) is 26.5 Å². The lowest BCUT2D eigenvalue weighted by Crippen LogP contribution is -2.47. The van der Waals surface area contributed by atoms with Gasteiger partial charge in [0.1, 0.15) is 10.9 Å². The Morgan fingerprint density at radius 3 is 2.15 bits per heavy atom. The molecule has 0 bridgehead atoms. The molecule has 3 amide bonds. The summed E-state index contributed by atoms with van der Waals surface area (Å²) in [6, 6.07) is 27.8. The van der Waals surface area contributed by atoms with Gasteiger partial charge in [0.15, 0.2) is 0 Å². The van der Waals surface area contributed by atoms with E-state index in [1.165, 1.54) is 46.7 Å². The van der Waals surface area contributed by atoms with E-state index in [9.17, 15) is 44.4 Å². The lowest BCUT2D eigenvalue weighted by atomic mass is 9.73. The molecule has 1 aliphatic carbocycles. The van der Waals surface area contributed by atoms with Crippen LogP contribution in [0.15, 0.2) is 129 Å². The Balaban J connectivity index is 0.823. The number of halogens is 5. The number of sulfone groups is 1. The number of anilines is 3. The van der Waals surface area contributed by atoms with Crippen molar-refractivity contribution in [1.82, 2.24) is 29.7 Å². The molecule has 4 aromatic carbocycles. The van der Waals surface area contributed by atoms with Crippen LogP contribution in [-0.2, 0) is 36.0 Å². The van der Waals surface area contributed by atoms with Crippen molar-refractivity contribution in [2.75, 3.05) is 86.7 Å². The molecule has 82 heavy (non-hydrogen) atoms. The number of pyridine rings is 1. The first-order chi connectivity index (χ1) is 39.0. The van der Waals surface area contributed by atoms with Crippen molar-refractivity contribution in [2.45, 2.75) is 91.2 Å². The molecular weight excluding hydrogens is 1140 g/mol. The molecule has 0 saturated carbocycles. The first kappa shape index (κ1) is 60.5. The van der Waals surface area contributed by atoms with Crippen LogP contribution < -0.4 is 25.6 Å². The van der Waals surface area contributed by atoms with Crippen LogP contribution in [0, 0.1) is 11.4 Å². The fraction of sp³-hybridized carbons (Fsp3) is 0.414. The van der Waals surface area contributed by atoms with Crippen molar-refractivity contribution < 1.29 is 48.8 Å². The van der Waals surface area contributed by atoms with Crippen LogP contribution in [0.4, 0.5) is 34.6 Å². The number of benzene rings is 4. The van der Waals surface area contributed by atoms with Crippen molar-refractivity contribution in [3.05, 3.63) is 143 Å². The predicted molar refractivity (Wildman–Crippen MR) is 310 cm³/mol. The Morgan fingerprint density at radius 1 is 0.817 bits per heavy atom. The number of nitrogens with zero attached hydrogens (tertiary/aromatic N) is 5. The third-order valence-corrected chi connectivity index (χ3v) is 19.7. The number of aromatic nitrogens is 1. The monoisotopic (exact) mass is 1210 g/mol. The van der Waals surface area contributed by atoms with Crippen LogP contribution >= 0.6 is 23.4 Å². The summed E-state index contributed by atoms with van der Waals surface area (Å²) in [4.78, 5) is 48.8. The van der Waals surface area contributed by atoms with Crippen molar-refractivity contribution in [3.8, 4) is 0 Å². The number of rotatable bonds is 20. The minimum absolute atomic E-state index is 0.0330. The molecule has 4 heterocycles. The van der Waals surface area contributed by atoms with Crippen molar-refractivity contribution in [2.24, 2.45) is 5.41 Å². The number of sulfonamides is 1. The van der Waals surface area contributed by atoms with E-state index in [1.54, 1.807) is 18.2 Å². The van der Waals surface area contributed by atoms with E-state index in [2.05, 4.69) is 66.5 Å². The zero-order valence-electron chi connectivity index (χ0n) is 45.5. The third-order valence-electron chi connectivity index (χ3n) is 15.4. The van der Waals surface area contributed by atoms with Gasteiger partial charge in [-0.3, -0.25) is 29.5 Å². The number of hydrogen-bond donors (Lipinski definition) is 4. The van der Waals surface area contributed by atoms with Crippen molar-refractivity contribution >= 4 is 83.6 Å². The predicted octanol–water partition coefficient (Wildman–Crippen LogP) is 9.07. The number of allylic oxidation sites excluding steroid dienone is 1. The number of piperazine rings is 2. The van der Waals surface area contributed by atoms with Crippen LogP contribution in [0.25, 0.3) is 5.57 Å². The van der Waals surface area contributed by atoms with E-state index in [0.717, 1.165) is 61.6 Å². The summed E-state index contributed by atoms with van der Waals surface area (Å²) < 4.78 is 115. The zero-order chi connectivity index (χ0) is 58.4.